The zero-order valence-electron chi connectivity index (χ0n) is 13.1. The Morgan fingerprint density at radius 3 is 2.67 bits per heavy atom. The van der Waals surface area contributed by atoms with Gasteiger partial charge in [0.25, 0.3) is 0 Å². The van der Waals surface area contributed by atoms with Gasteiger partial charge in [-0.15, -0.1) is 0 Å². The normalized spacial score (nSPS) is 32.4. The Morgan fingerprint density at radius 1 is 1.29 bits per heavy atom. The molecule has 5 nitrogen and oxygen atoms in total. The Bertz CT molecular complexity index is 425. The number of amides is 2. The fourth-order valence-corrected chi connectivity index (χ4v) is 3.43. The molecule has 0 bridgehead atoms. The Labute approximate surface area is 126 Å². The van der Waals surface area contributed by atoms with Gasteiger partial charge >= 0.3 is 0 Å². The van der Waals surface area contributed by atoms with E-state index in [-0.39, 0.29) is 17.9 Å². The minimum atomic E-state index is -0.737. The first-order valence-corrected chi connectivity index (χ1v) is 8.24. The molecule has 2 atom stereocenters. The van der Waals surface area contributed by atoms with E-state index in [1.54, 1.807) is 4.90 Å². The molecule has 3 rings (SSSR count). The average Bonchev–Trinajstić information content (AvgIpc) is 3.14. The topological polar surface area (TPSA) is 58.6 Å². The van der Waals surface area contributed by atoms with E-state index in [4.69, 9.17) is 4.74 Å². The van der Waals surface area contributed by atoms with Gasteiger partial charge in [-0.1, -0.05) is 0 Å². The molecule has 0 aromatic heterocycles. The van der Waals surface area contributed by atoms with Crippen LogP contribution in [0.25, 0.3) is 0 Å². The lowest BCUT2D eigenvalue weighted by Crippen LogP contribution is -2.68. The Kier molecular flexibility index (Phi) is 3.95. The summed E-state index contributed by atoms with van der Waals surface area (Å²) >= 11 is 0. The number of nitrogens with zero attached hydrogens (tertiary/aromatic N) is 1. The quantitative estimate of drug-likeness (QED) is 0.835. The number of hydrogen-bond donors (Lipinski definition) is 1. The third-order valence-electron chi connectivity index (χ3n) is 5.07. The van der Waals surface area contributed by atoms with Crippen LogP contribution in [0, 0.1) is 5.92 Å². The van der Waals surface area contributed by atoms with E-state index in [1.807, 2.05) is 13.8 Å². The van der Waals surface area contributed by atoms with Crippen molar-refractivity contribution in [3.8, 4) is 0 Å². The number of piperazine rings is 1. The maximum absolute atomic E-state index is 12.7. The first kappa shape index (κ1) is 14.8. The summed E-state index contributed by atoms with van der Waals surface area (Å²) in [7, 11) is 0. The minimum Gasteiger partial charge on any atom is -0.378 e. The van der Waals surface area contributed by atoms with Crippen molar-refractivity contribution >= 4 is 11.8 Å². The fraction of sp³-hybridized carbons (Fsp3) is 0.875. The lowest BCUT2D eigenvalue weighted by Gasteiger charge is -2.44. The van der Waals surface area contributed by atoms with Crippen LogP contribution in [0.4, 0.5) is 0 Å². The second-order valence-corrected chi connectivity index (χ2v) is 7.11. The Hall–Kier alpha value is -1.10. The third-order valence-corrected chi connectivity index (χ3v) is 5.07. The van der Waals surface area contributed by atoms with Gasteiger partial charge in [0.1, 0.15) is 11.6 Å². The van der Waals surface area contributed by atoms with E-state index in [2.05, 4.69) is 5.32 Å². The second-order valence-electron chi connectivity index (χ2n) is 7.11. The number of ether oxygens (including phenoxy) is 1. The Balaban J connectivity index is 1.61. The highest BCUT2D eigenvalue weighted by Crippen LogP contribution is 2.36. The summed E-state index contributed by atoms with van der Waals surface area (Å²) in [5.74, 6) is 0.448. The van der Waals surface area contributed by atoms with Crippen LogP contribution >= 0.6 is 0 Å². The molecule has 1 aliphatic carbocycles. The van der Waals surface area contributed by atoms with Crippen LogP contribution in [-0.4, -0.2) is 47.6 Å². The van der Waals surface area contributed by atoms with Crippen molar-refractivity contribution in [1.29, 1.82) is 0 Å². The van der Waals surface area contributed by atoms with E-state index >= 15 is 0 Å². The molecule has 118 valence electrons. The minimum absolute atomic E-state index is 0.0175. The van der Waals surface area contributed by atoms with Gasteiger partial charge in [0.2, 0.25) is 11.8 Å². The van der Waals surface area contributed by atoms with Crippen LogP contribution in [0.15, 0.2) is 0 Å². The molecule has 1 saturated carbocycles. The molecule has 0 aromatic rings. The second kappa shape index (κ2) is 5.59. The summed E-state index contributed by atoms with van der Waals surface area (Å²) in [6.45, 7) is 5.21. The van der Waals surface area contributed by atoms with Crippen LogP contribution in [0.5, 0.6) is 0 Å². The molecule has 5 heteroatoms. The zero-order valence-corrected chi connectivity index (χ0v) is 13.1. The summed E-state index contributed by atoms with van der Waals surface area (Å²) in [6, 6.07) is -0.284. The van der Waals surface area contributed by atoms with Gasteiger partial charge in [-0.3, -0.25) is 9.59 Å². The largest absolute Gasteiger partial charge is 0.378 e. The molecular weight excluding hydrogens is 268 g/mol. The molecule has 1 N–H and O–H groups in total. The molecule has 2 saturated heterocycles. The number of hydrogen-bond acceptors (Lipinski definition) is 3. The maximum atomic E-state index is 12.7. The zero-order chi connectivity index (χ0) is 15.0. The summed E-state index contributed by atoms with van der Waals surface area (Å²) in [5, 5.41) is 2.93. The first-order chi connectivity index (χ1) is 10.00. The molecule has 0 aromatic carbocycles. The summed E-state index contributed by atoms with van der Waals surface area (Å²) in [5.41, 5.74) is -0.737. The Morgan fingerprint density at radius 2 is 2.05 bits per heavy atom. The smallest absolute Gasteiger partial charge is 0.246 e. The maximum Gasteiger partial charge on any atom is 0.246 e. The van der Waals surface area contributed by atoms with Crippen molar-refractivity contribution in [2.45, 2.75) is 70.1 Å². The third kappa shape index (κ3) is 2.93. The number of carbonyl (C=O) groups is 2. The van der Waals surface area contributed by atoms with E-state index in [1.165, 1.54) is 0 Å². The van der Waals surface area contributed by atoms with E-state index in [9.17, 15) is 9.59 Å². The van der Waals surface area contributed by atoms with Gasteiger partial charge in [0, 0.05) is 13.2 Å². The lowest BCUT2D eigenvalue weighted by molar-refractivity contribution is -0.156. The molecule has 2 aliphatic heterocycles. The summed E-state index contributed by atoms with van der Waals surface area (Å²) in [6.07, 6.45) is 6.62. The van der Waals surface area contributed by atoms with E-state index in [0.29, 0.717) is 18.6 Å². The van der Waals surface area contributed by atoms with E-state index in [0.717, 1.165) is 45.1 Å². The molecule has 2 heterocycles. The highest BCUT2D eigenvalue weighted by Gasteiger charge is 2.50. The van der Waals surface area contributed by atoms with Gasteiger partial charge < -0.3 is 15.0 Å². The van der Waals surface area contributed by atoms with Crippen LogP contribution in [0.3, 0.4) is 0 Å². The van der Waals surface area contributed by atoms with Crippen molar-refractivity contribution in [2.75, 3.05) is 13.2 Å². The van der Waals surface area contributed by atoms with Crippen molar-refractivity contribution < 1.29 is 14.3 Å². The van der Waals surface area contributed by atoms with Crippen molar-refractivity contribution in [3.05, 3.63) is 0 Å². The van der Waals surface area contributed by atoms with Gasteiger partial charge in [-0.05, 0) is 58.3 Å². The first-order valence-electron chi connectivity index (χ1n) is 8.24. The van der Waals surface area contributed by atoms with Crippen LogP contribution in [-0.2, 0) is 14.3 Å². The van der Waals surface area contributed by atoms with Crippen LogP contribution in [0.1, 0.15) is 52.4 Å². The molecule has 2 amide bonds. The lowest BCUT2D eigenvalue weighted by atomic mass is 9.93. The van der Waals surface area contributed by atoms with E-state index < -0.39 is 5.54 Å². The molecule has 3 fully saturated rings. The highest BCUT2D eigenvalue weighted by atomic mass is 16.5. The molecule has 3 aliphatic rings. The summed E-state index contributed by atoms with van der Waals surface area (Å²) in [4.78, 5) is 26.8. The number of nitrogens with one attached hydrogen (secondary N) is 1. The highest BCUT2D eigenvalue weighted by molar-refractivity contribution is 5.99. The van der Waals surface area contributed by atoms with Crippen molar-refractivity contribution in [2.24, 2.45) is 5.92 Å². The van der Waals surface area contributed by atoms with Crippen molar-refractivity contribution in [1.82, 2.24) is 10.2 Å². The molecular formula is C16H26N2O3. The van der Waals surface area contributed by atoms with Crippen LogP contribution in [0.2, 0.25) is 0 Å². The fourth-order valence-electron chi connectivity index (χ4n) is 3.43. The molecule has 21 heavy (non-hydrogen) atoms. The van der Waals surface area contributed by atoms with Crippen LogP contribution < -0.4 is 5.32 Å². The average molecular weight is 294 g/mol. The predicted octanol–water partition coefficient (Wildman–Crippen LogP) is 1.46. The monoisotopic (exact) mass is 294 g/mol. The van der Waals surface area contributed by atoms with Gasteiger partial charge in [0.05, 0.1) is 6.10 Å². The van der Waals surface area contributed by atoms with Crippen molar-refractivity contribution in [3.63, 3.8) is 0 Å². The molecule has 0 spiro atoms. The predicted molar refractivity (Wildman–Crippen MR) is 78.7 cm³/mol. The standard InChI is InChI=1S/C16H26N2O3/c1-16(2)15(20)17-13(11-7-8-11)14(19)18(16)9-3-5-12-6-4-10-21-12/h11-13H,3-10H2,1-2H3,(H,17,20). The SMILES string of the molecule is CC1(C)C(=O)NC(C2CC2)C(=O)N1CCCC1CCCO1. The number of rotatable bonds is 5. The van der Waals surface area contributed by atoms with Gasteiger partial charge in [0.15, 0.2) is 0 Å². The summed E-state index contributed by atoms with van der Waals surface area (Å²) < 4.78 is 5.63. The molecule has 0 radical (unpaired) electrons. The number of carbonyl (C=O) groups excluding carboxylic acids is 2. The molecule has 2 unspecified atom stereocenters. The van der Waals surface area contributed by atoms with Gasteiger partial charge in [-0.2, -0.15) is 0 Å². The van der Waals surface area contributed by atoms with Gasteiger partial charge in [-0.25, -0.2) is 0 Å².